The number of benzene rings is 1. The minimum Gasteiger partial charge on any atom is -0.480 e. The van der Waals surface area contributed by atoms with Crippen LogP contribution in [-0.2, 0) is 11.8 Å². The highest BCUT2D eigenvalue weighted by Gasteiger charge is 2.22. The van der Waals surface area contributed by atoms with E-state index >= 15 is 0 Å². The van der Waals surface area contributed by atoms with E-state index < -0.39 is 5.97 Å². The van der Waals surface area contributed by atoms with Crippen LogP contribution in [0.25, 0.3) is 0 Å². The van der Waals surface area contributed by atoms with Gasteiger partial charge < -0.3 is 5.11 Å². The molecule has 1 N–H and O–H groups in total. The molecule has 0 saturated carbocycles. The van der Waals surface area contributed by atoms with Gasteiger partial charge in [-0.25, -0.2) is 4.39 Å². The lowest BCUT2D eigenvalue weighted by Gasteiger charge is -2.26. The fourth-order valence-electron chi connectivity index (χ4n) is 2.26. The fraction of sp³-hybridized carbons (Fsp3) is 0.286. The van der Waals surface area contributed by atoms with Gasteiger partial charge in [-0.15, -0.1) is 0 Å². The summed E-state index contributed by atoms with van der Waals surface area (Å²) in [5.41, 5.74) is 1.52. The Labute approximate surface area is 116 Å². The van der Waals surface area contributed by atoms with Gasteiger partial charge in [0, 0.05) is 18.8 Å². The number of likely N-dealkylation sites (N-methyl/N-ethyl adjacent to an activating group) is 1. The fourth-order valence-corrected chi connectivity index (χ4v) is 2.26. The molecule has 0 unspecified atom stereocenters. The van der Waals surface area contributed by atoms with Crippen molar-refractivity contribution < 1.29 is 14.3 Å². The number of rotatable bonds is 5. The Kier molecular flexibility index (Phi) is 4.14. The third kappa shape index (κ3) is 3.21. The average molecular weight is 277 g/mol. The first-order chi connectivity index (χ1) is 9.47. The van der Waals surface area contributed by atoms with Crippen LogP contribution in [0.4, 0.5) is 4.39 Å². The SMILES string of the molecule is CN(CC(=O)O)[C@@H](c1cccc(F)c1)c1cnn(C)c1. The molecule has 0 aliphatic heterocycles. The first-order valence-electron chi connectivity index (χ1n) is 6.13. The summed E-state index contributed by atoms with van der Waals surface area (Å²) in [7, 11) is 3.47. The number of carbonyl (C=O) groups is 1. The standard InChI is InChI=1S/C14H16FN3O2/c1-17(9-13(19)20)14(11-7-16-18(2)8-11)10-4-3-5-12(15)6-10/h3-8,14H,9H2,1-2H3,(H,19,20)/t14-/m0/s1. The summed E-state index contributed by atoms with van der Waals surface area (Å²) in [5, 5.41) is 13.0. The highest BCUT2D eigenvalue weighted by atomic mass is 19.1. The maximum Gasteiger partial charge on any atom is 0.317 e. The Hall–Kier alpha value is -2.21. The van der Waals surface area contributed by atoms with Crippen molar-refractivity contribution in [3.05, 3.63) is 53.6 Å². The number of hydrogen-bond donors (Lipinski definition) is 1. The lowest BCUT2D eigenvalue weighted by Crippen LogP contribution is -2.30. The number of hydrogen-bond acceptors (Lipinski definition) is 3. The van der Waals surface area contributed by atoms with Crippen LogP contribution < -0.4 is 0 Å². The molecule has 0 bridgehead atoms. The van der Waals surface area contributed by atoms with Gasteiger partial charge in [0.2, 0.25) is 0 Å². The number of halogens is 1. The number of aryl methyl sites for hydroxylation is 1. The molecule has 0 fully saturated rings. The summed E-state index contributed by atoms with van der Waals surface area (Å²) in [6, 6.07) is 5.81. The summed E-state index contributed by atoms with van der Waals surface area (Å²) in [5.74, 6) is -1.28. The van der Waals surface area contributed by atoms with Gasteiger partial charge >= 0.3 is 5.97 Å². The molecule has 5 nitrogen and oxygen atoms in total. The van der Waals surface area contributed by atoms with Gasteiger partial charge in [-0.2, -0.15) is 5.10 Å². The molecular formula is C14H16FN3O2. The predicted molar refractivity (Wildman–Crippen MR) is 71.7 cm³/mol. The van der Waals surface area contributed by atoms with Gasteiger partial charge in [-0.3, -0.25) is 14.4 Å². The predicted octanol–water partition coefficient (Wildman–Crippen LogP) is 1.67. The second-order valence-corrected chi connectivity index (χ2v) is 4.71. The number of nitrogens with zero attached hydrogens (tertiary/aromatic N) is 3. The smallest absolute Gasteiger partial charge is 0.317 e. The second kappa shape index (κ2) is 5.83. The molecule has 1 atom stereocenters. The first-order valence-corrected chi connectivity index (χ1v) is 6.13. The number of carboxylic acid groups (broad SMARTS) is 1. The molecule has 20 heavy (non-hydrogen) atoms. The van der Waals surface area contributed by atoms with Crippen LogP contribution in [0.3, 0.4) is 0 Å². The average Bonchev–Trinajstić information content (AvgIpc) is 2.75. The van der Waals surface area contributed by atoms with Crippen LogP contribution in [0, 0.1) is 5.82 Å². The monoisotopic (exact) mass is 277 g/mol. The van der Waals surface area contributed by atoms with Crippen molar-refractivity contribution in [2.75, 3.05) is 13.6 Å². The Morgan fingerprint density at radius 1 is 1.50 bits per heavy atom. The zero-order chi connectivity index (χ0) is 14.7. The maximum atomic E-state index is 13.4. The van der Waals surface area contributed by atoms with Gasteiger partial charge in [0.25, 0.3) is 0 Å². The quantitative estimate of drug-likeness (QED) is 0.903. The molecule has 2 aromatic rings. The largest absolute Gasteiger partial charge is 0.480 e. The molecule has 0 saturated heterocycles. The molecule has 1 heterocycles. The highest BCUT2D eigenvalue weighted by molar-refractivity contribution is 5.69. The molecule has 106 valence electrons. The Bertz CT molecular complexity index is 612. The Morgan fingerprint density at radius 2 is 2.25 bits per heavy atom. The van der Waals surface area contributed by atoms with E-state index in [0.717, 1.165) is 5.56 Å². The summed E-state index contributed by atoms with van der Waals surface area (Å²) in [6.45, 7) is -0.143. The van der Waals surface area contributed by atoms with Gasteiger partial charge in [-0.05, 0) is 24.7 Å². The summed E-state index contributed by atoms with van der Waals surface area (Å²) >= 11 is 0. The van der Waals surface area contributed by atoms with Crippen LogP contribution in [0.15, 0.2) is 36.7 Å². The lowest BCUT2D eigenvalue weighted by molar-refractivity contribution is -0.138. The second-order valence-electron chi connectivity index (χ2n) is 4.71. The molecule has 6 heteroatoms. The van der Waals surface area contributed by atoms with Gasteiger partial charge in [0.15, 0.2) is 0 Å². The molecule has 0 radical (unpaired) electrons. The van der Waals surface area contributed by atoms with Crippen molar-refractivity contribution >= 4 is 5.97 Å². The highest BCUT2D eigenvalue weighted by Crippen LogP contribution is 2.27. The van der Waals surface area contributed by atoms with Gasteiger partial charge in [0.1, 0.15) is 5.82 Å². The van der Waals surface area contributed by atoms with Crippen molar-refractivity contribution in [2.45, 2.75) is 6.04 Å². The van der Waals surface area contributed by atoms with Crippen molar-refractivity contribution in [1.29, 1.82) is 0 Å². The summed E-state index contributed by atoms with van der Waals surface area (Å²) < 4.78 is 15.1. The Morgan fingerprint density at radius 3 is 2.80 bits per heavy atom. The molecular weight excluding hydrogens is 261 g/mol. The number of carboxylic acids is 1. The summed E-state index contributed by atoms with van der Waals surface area (Å²) in [4.78, 5) is 12.6. The summed E-state index contributed by atoms with van der Waals surface area (Å²) in [6.07, 6.45) is 3.46. The lowest BCUT2D eigenvalue weighted by atomic mass is 10.00. The van der Waals surface area contributed by atoms with Crippen LogP contribution in [0.5, 0.6) is 0 Å². The molecule has 0 aliphatic rings. The zero-order valence-corrected chi connectivity index (χ0v) is 11.3. The minimum absolute atomic E-state index is 0.143. The van der Waals surface area contributed by atoms with Crippen molar-refractivity contribution in [1.82, 2.24) is 14.7 Å². The topological polar surface area (TPSA) is 58.4 Å². The van der Waals surface area contributed by atoms with Crippen LogP contribution in [0.1, 0.15) is 17.2 Å². The van der Waals surface area contributed by atoms with Crippen molar-refractivity contribution in [3.8, 4) is 0 Å². The normalized spacial score (nSPS) is 12.6. The van der Waals surface area contributed by atoms with Crippen LogP contribution in [0.2, 0.25) is 0 Å². The van der Waals surface area contributed by atoms with E-state index in [1.807, 2.05) is 0 Å². The maximum absolute atomic E-state index is 13.4. The molecule has 0 aliphatic carbocycles. The van der Waals surface area contributed by atoms with E-state index in [0.29, 0.717) is 5.56 Å². The molecule has 1 aromatic heterocycles. The number of aliphatic carboxylic acids is 1. The van der Waals surface area contributed by atoms with Crippen molar-refractivity contribution in [2.24, 2.45) is 7.05 Å². The van der Waals surface area contributed by atoms with E-state index in [4.69, 9.17) is 5.11 Å². The van der Waals surface area contributed by atoms with Crippen LogP contribution >= 0.6 is 0 Å². The van der Waals surface area contributed by atoms with E-state index in [2.05, 4.69) is 5.10 Å². The van der Waals surface area contributed by atoms with Crippen molar-refractivity contribution in [3.63, 3.8) is 0 Å². The number of aromatic nitrogens is 2. The molecule has 0 spiro atoms. The van der Waals surface area contributed by atoms with E-state index in [1.54, 1.807) is 48.2 Å². The van der Waals surface area contributed by atoms with E-state index in [9.17, 15) is 9.18 Å². The third-order valence-corrected chi connectivity index (χ3v) is 3.03. The van der Waals surface area contributed by atoms with Gasteiger partial charge in [-0.1, -0.05) is 12.1 Å². The Balaban J connectivity index is 2.41. The minimum atomic E-state index is -0.933. The zero-order valence-electron chi connectivity index (χ0n) is 11.3. The molecule has 0 amide bonds. The third-order valence-electron chi connectivity index (χ3n) is 3.03. The van der Waals surface area contributed by atoms with Gasteiger partial charge in [0.05, 0.1) is 18.8 Å². The van der Waals surface area contributed by atoms with E-state index in [1.165, 1.54) is 12.1 Å². The first kappa shape index (κ1) is 14.2. The van der Waals surface area contributed by atoms with Crippen LogP contribution in [-0.4, -0.2) is 39.3 Å². The molecule has 1 aromatic carbocycles. The molecule has 2 rings (SSSR count). The van der Waals surface area contributed by atoms with E-state index in [-0.39, 0.29) is 18.4 Å².